The van der Waals surface area contributed by atoms with Crippen molar-refractivity contribution in [3.63, 3.8) is 0 Å². The molecule has 3 nitrogen and oxygen atoms in total. The molecule has 1 aliphatic carbocycles. The normalized spacial score (nSPS) is 31.2. The molecule has 3 heteroatoms. The quantitative estimate of drug-likeness (QED) is 0.810. The van der Waals surface area contributed by atoms with Crippen molar-refractivity contribution in [3.05, 3.63) is 23.8 Å². The number of piperidine rings is 1. The van der Waals surface area contributed by atoms with Gasteiger partial charge in [-0.3, -0.25) is 0 Å². The highest BCUT2D eigenvalue weighted by Crippen LogP contribution is 2.48. The molecule has 3 rings (SSSR count). The molecule has 0 bridgehead atoms. The highest BCUT2D eigenvalue weighted by molar-refractivity contribution is 5.42. The van der Waals surface area contributed by atoms with Gasteiger partial charge in [0.1, 0.15) is 11.5 Å². The zero-order valence-electron chi connectivity index (χ0n) is 9.44. The van der Waals surface area contributed by atoms with E-state index in [9.17, 15) is 5.11 Å². The predicted molar refractivity (Wildman–Crippen MR) is 61.7 cm³/mol. The van der Waals surface area contributed by atoms with Crippen molar-refractivity contribution >= 4 is 0 Å². The van der Waals surface area contributed by atoms with Gasteiger partial charge in [-0.1, -0.05) is 6.07 Å². The molecule has 0 radical (unpaired) electrons. The molecule has 1 aromatic carbocycles. The number of hydrogen-bond acceptors (Lipinski definition) is 3. The first kappa shape index (κ1) is 9.97. The summed E-state index contributed by atoms with van der Waals surface area (Å²) in [4.78, 5) is 0. The summed E-state index contributed by atoms with van der Waals surface area (Å²) in [5, 5.41) is 12.9. The third-order valence-electron chi connectivity index (χ3n) is 3.96. The Balaban J connectivity index is 1.61. The molecule has 1 aromatic rings. The summed E-state index contributed by atoms with van der Waals surface area (Å²) in [6, 6.07) is 5.44. The first-order chi connectivity index (χ1) is 7.77. The molecule has 1 heterocycles. The van der Waals surface area contributed by atoms with Gasteiger partial charge in [0, 0.05) is 11.5 Å². The summed E-state index contributed by atoms with van der Waals surface area (Å²) >= 11 is 0. The molecule has 1 saturated carbocycles. The van der Waals surface area contributed by atoms with Crippen LogP contribution in [0.15, 0.2) is 18.2 Å². The summed E-state index contributed by atoms with van der Waals surface area (Å²) in [5.41, 5.74) is 0.839. The first-order valence-electron chi connectivity index (χ1n) is 5.89. The number of nitrogens with one attached hydrogen (secondary N) is 1. The fourth-order valence-electron chi connectivity index (χ4n) is 2.74. The summed E-state index contributed by atoms with van der Waals surface area (Å²) in [6.07, 6.45) is 0. The smallest absolute Gasteiger partial charge is 0.125 e. The largest absolute Gasteiger partial charge is 0.508 e. The fourth-order valence-corrected chi connectivity index (χ4v) is 2.74. The zero-order valence-corrected chi connectivity index (χ0v) is 9.44. The van der Waals surface area contributed by atoms with Crippen LogP contribution >= 0.6 is 0 Å². The van der Waals surface area contributed by atoms with Gasteiger partial charge in [-0.15, -0.1) is 0 Å². The maximum absolute atomic E-state index is 9.55. The number of phenols is 1. The Hall–Kier alpha value is -1.22. The first-order valence-corrected chi connectivity index (χ1v) is 5.89. The van der Waals surface area contributed by atoms with Crippen molar-refractivity contribution in [2.75, 3.05) is 19.7 Å². The van der Waals surface area contributed by atoms with Crippen LogP contribution in [-0.4, -0.2) is 24.8 Å². The van der Waals surface area contributed by atoms with E-state index in [1.165, 1.54) is 0 Å². The molecule has 1 aliphatic heterocycles. The lowest BCUT2D eigenvalue weighted by atomic mass is 10.2. The Kier molecular flexibility index (Phi) is 2.28. The average Bonchev–Trinajstić information content (AvgIpc) is 2.73. The maximum atomic E-state index is 9.55. The molecule has 0 spiro atoms. The van der Waals surface area contributed by atoms with Gasteiger partial charge in [-0.05, 0) is 44.0 Å². The van der Waals surface area contributed by atoms with Crippen LogP contribution in [0.25, 0.3) is 0 Å². The van der Waals surface area contributed by atoms with Crippen LogP contribution in [0.4, 0.5) is 0 Å². The topological polar surface area (TPSA) is 41.5 Å². The Labute approximate surface area is 95.4 Å². The number of hydrogen-bond donors (Lipinski definition) is 2. The van der Waals surface area contributed by atoms with E-state index in [1.807, 2.05) is 19.1 Å². The second-order valence-electron chi connectivity index (χ2n) is 4.86. The lowest BCUT2D eigenvalue weighted by Crippen LogP contribution is -2.17. The van der Waals surface area contributed by atoms with E-state index >= 15 is 0 Å². The summed E-state index contributed by atoms with van der Waals surface area (Å²) in [7, 11) is 0. The molecule has 86 valence electrons. The third kappa shape index (κ3) is 1.55. The fraction of sp³-hybridized carbons (Fsp3) is 0.538. The number of ether oxygens (including phenoxy) is 1. The molecule has 16 heavy (non-hydrogen) atoms. The molecule has 2 fully saturated rings. The average molecular weight is 219 g/mol. The van der Waals surface area contributed by atoms with Crippen molar-refractivity contribution in [1.82, 2.24) is 5.32 Å². The molecule has 2 N–H and O–H groups in total. The van der Waals surface area contributed by atoms with Gasteiger partial charge in [-0.2, -0.15) is 0 Å². The number of aromatic hydroxyl groups is 1. The van der Waals surface area contributed by atoms with E-state index in [4.69, 9.17) is 4.74 Å². The van der Waals surface area contributed by atoms with Crippen molar-refractivity contribution in [1.29, 1.82) is 0 Å². The van der Waals surface area contributed by atoms with Crippen molar-refractivity contribution in [2.45, 2.75) is 6.92 Å². The maximum Gasteiger partial charge on any atom is 0.125 e. The Morgan fingerprint density at radius 1 is 1.38 bits per heavy atom. The minimum absolute atomic E-state index is 0.315. The van der Waals surface area contributed by atoms with Gasteiger partial charge >= 0.3 is 0 Å². The van der Waals surface area contributed by atoms with Crippen LogP contribution < -0.4 is 10.1 Å². The summed E-state index contributed by atoms with van der Waals surface area (Å²) in [6.45, 7) is 4.98. The highest BCUT2D eigenvalue weighted by atomic mass is 16.5. The standard InChI is InChI=1S/C13H17NO2/c1-8-12(15)3-2-4-13(8)16-7-11-9-5-14-6-10(9)11/h2-4,9-11,14-15H,5-7H2,1H3. The molecule has 0 amide bonds. The number of rotatable bonds is 3. The highest BCUT2D eigenvalue weighted by Gasteiger charge is 2.52. The zero-order chi connectivity index (χ0) is 11.1. The van der Waals surface area contributed by atoms with E-state index in [1.54, 1.807) is 6.07 Å². The molecular formula is C13H17NO2. The summed E-state index contributed by atoms with van der Waals surface area (Å²) < 4.78 is 5.79. The van der Waals surface area contributed by atoms with Crippen LogP contribution in [-0.2, 0) is 0 Å². The van der Waals surface area contributed by atoms with E-state index in [0.717, 1.165) is 48.8 Å². The van der Waals surface area contributed by atoms with E-state index < -0.39 is 0 Å². The van der Waals surface area contributed by atoms with Crippen LogP contribution in [0.2, 0.25) is 0 Å². The SMILES string of the molecule is Cc1c(O)cccc1OCC1C2CNCC21. The van der Waals surface area contributed by atoms with Crippen LogP contribution in [0.3, 0.4) is 0 Å². The second-order valence-corrected chi connectivity index (χ2v) is 4.86. The van der Waals surface area contributed by atoms with Crippen LogP contribution in [0.1, 0.15) is 5.56 Å². The molecule has 1 saturated heterocycles. The van der Waals surface area contributed by atoms with E-state index in [0.29, 0.717) is 5.75 Å². The number of phenolic OH excluding ortho intramolecular Hbond substituents is 1. The Morgan fingerprint density at radius 2 is 2.12 bits per heavy atom. The van der Waals surface area contributed by atoms with Gasteiger partial charge in [0.25, 0.3) is 0 Å². The van der Waals surface area contributed by atoms with Crippen molar-refractivity contribution in [3.8, 4) is 11.5 Å². The second kappa shape index (κ2) is 3.67. The molecule has 0 aromatic heterocycles. The molecule has 2 atom stereocenters. The Bertz CT molecular complexity index is 395. The van der Waals surface area contributed by atoms with E-state index in [2.05, 4.69) is 5.32 Å². The van der Waals surface area contributed by atoms with Crippen molar-refractivity contribution < 1.29 is 9.84 Å². The van der Waals surface area contributed by atoms with Crippen molar-refractivity contribution in [2.24, 2.45) is 17.8 Å². The lowest BCUT2D eigenvalue weighted by Gasteiger charge is -2.11. The van der Waals surface area contributed by atoms with Gasteiger partial charge in [0.2, 0.25) is 0 Å². The van der Waals surface area contributed by atoms with Crippen LogP contribution in [0, 0.1) is 24.7 Å². The third-order valence-corrected chi connectivity index (χ3v) is 3.96. The lowest BCUT2D eigenvalue weighted by molar-refractivity contribution is 0.277. The monoisotopic (exact) mass is 219 g/mol. The van der Waals surface area contributed by atoms with E-state index in [-0.39, 0.29) is 0 Å². The van der Waals surface area contributed by atoms with Gasteiger partial charge < -0.3 is 15.2 Å². The minimum Gasteiger partial charge on any atom is -0.508 e. The Morgan fingerprint density at radius 3 is 2.88 bits per heavy atom. The number of fused-ring (bicyclic) bond motifs is 1. The summed E-state index contributed by atoms with van der Waals surface area (Å²) in [5.74, 6) is 3.52. The van der Waals surface area contributed by atoms with Gasteiger partial charge in [0.05, 0.1) is 6.61 Å². The molecule has 2 unspecified atom stereocenters. The van der Waals surface area contributed by atoms with Gasteiger partial charge in [0.15, 0.2) is 0 Å². The minimum atomic E-state index is 0.315. The molecular weight excluding hydrogens is 202 g/mol. The van der Waals surface area contributed by atoms with Gasteiger partial charge in [-0.25, -0.2) is 0 Å². The van der Waals surface area contributed by atoms with Crippen LogP contribution in [0.5, 0.6) is 11.5 Å². The molecule has 2 aliphatic rings. The number of benzene rings is 1. The predicted octanol–water partition coefficient (Wildman–Crippen LogP) is 1.54.